The number of primary amides is 1. The summed E-state index contributed by atoms with van der Waals surface area (Å²) in [6, 6.07) is 5.52. The van der Waals surface area contributed by atoms with Gasteiger partial charge in [-0.05, 0) is 30.5 Å². The van der Waals surface area contributed by atoms with E-state index >= 15 is 0 Å². The van der Waals surface area contributed by atoms with Gasteiger partial charge in [0.2, 0.25) is 5.43 Å². The highest BCUT2D eigenvalue weighted by Gasteiger charge is 2.12. The molecule has 19 heavy (non-hydrogen) atoms. The van der Waals surface area contributed by atoms with Gasteiger partial charge < -0.3 is 15.4 Å². The third-order valence-electron chi connectivity index (χ3n) is 3.14. The normalized spacial score (nSPS) is 10.8. The zero-order valence-electron chi connectivity index (χ0n) is 10.7. The number of aryl methyl sites for hydroxylation is 2. The van der Waals surface area contributed by atoms with Crippen molar-refractivity contribution < 1.29 is 9.90 Å². The number of aliphatic hydroxyl groups excluding tert-OH is 1. The Hall–Kier alpha value is -2.14. The quantitative estimate of drug-likeness (QED) is 0.842. The number of hydrogen-bond donors (Lipinski definition) is 2. The van der Waals surface area contributed by atoms with Gasteiger partial charge in [-0.1, -0.05) is 6.07 Å². The van der Waals surface area contributed by atoms with Gasteiger partial charge in [-0.15, -0.1) is 0 Å². The van der Waals surface area contributed by atoms with E-state index in [-0.39, 0.29) is 17.6 Å². The van der Waals surface area contributed by atoms with Crippen LogP contribution in [0.1, 0.15) is 22.3 Å². The summed E-state index contributed by atoms with van der Waals surface area (Å²) in [4.78, 5) is 23.4. The molecule has 1 aromatic heterocycles. The monoisotopic (exact) mass is 260 g/mol. The van der Waals surface area contributed by atoms with Crippen LogP contribution in [0.2, 0.25) is 0 Å². The Bertz CT molecular complexity index is 689. The van der Waals surface area contributed by atoms with Crippen LogP contribution in [0.5, 0.6) is 0 Å². The number of aromatic nitrogens is 1. The smallest absolute Gasteiger partial charge is 0.254 e. The van der Waals surface area contributed by atoms with Crippen LogP contribution in [-0.2, 0) is 13.5 Å². The molecule has 1 aromatic carbocycles. The van der Waals surface area contributed by atoms with Crippen LogP contribution in [0.3, 0.4) is 0 Å². The summed E-state index contributed by atoms with van der Waals surface area (Å²) in [5, 5.41) is 9.31. The Kier molecular flexibility index (Phi) is 3.66. The van der Waals surface area contributed by atoms with E-state index in [4.69, 9.17) is 10.8 Å². The molecule has 1 heterocycles. The number of carbonyl (C=O) groups excluding carboxylic acids is 1. The number of carbonyl (C=O) groups is 1. The molecule has 0 bridgehead atoms. The van der Waals surface area contributed by atoms with Crippen molar-refractivity contribution in [1.82, 2.24) is 4.57 Å². The van der Waals surface area contributed by atoms with E-state index in [1.54, 1.807) is 17.7 Å². The Morgan fingerprint density at radius 3 is 2.79 bits per heavy atom. The Morgan fingerprint density at radius 1 is 1.42 bits per heavy atom. The minimum atomic E-state index is -0.719. The highest BCUT2D eigenvalue weighted by molar-refractivity contribution is 5.96. The van der Waals surface area contributed by atoms with Crippen LogP contribution in [-0.4, -0.2) is 22.2 Å². The second-order valence-corrected chi connectivity index (χ2v) is 4.53. The molecule has 1 amide bonds. The van der Waals surface area contributed by atoms with Crippen LogP contribution < -0.4 is 11.2 Å². The molecule has 0 atom stereocenters. The second kappa shape index (κ2) is 5.24. The van der Waals surface area contributed by atoms with Crippen molar-refractivity contribution in [3.63, 3.8) is 0 Å². The second-order valence-electron chi connectivity index (χ2n) is 4.53. The lowest BCUT2D eigenvalue weighted by molar-refractivity contribution is 0.0999. The van der Waals surface area contributed by atoms with Gasteiger partial charge in [-0.25, -0.2) is 0 Å². The fraction of sp³-hybridized carbons (Fsp3) is 0.286. The van der Waals surface area contributed by atoms with E-state index in [0.29, 0.717) is 18.2 Å². The molecule has 0 aliphatic carbocycles. The van der Waals surface area contributed by atoms with Crippen molar-refractivity contribution in [3.8, 4) is 0 Å². The lowest BCUT2D eigenvalue weighted by Crippen LogP contribution is -2.23. The molecule has 2 aromatic rings. The van der Waals surface area contributed by atoms with E-state index in [9.17, 15) is 9.59 Å². The maximum absolute atomic E-state index is 12.2. The van der Waals surface area contributed by atoms with Gasteiger partial charge in [0, 0.05) is 25.2 Å². The van der Waals surface area contributed by atoms with E-state index in [0.717, 1.165) is 11.1 Å². The summed E-state index contributed by atoms with van der Waals surface area (Å²) in [5.41, 5.74) is 6.57. The average Bonchev–Trinajstić information content (AvgIpc) is 2.40. The highest BCUT2D eigenvalue weighted by Crippen LogP contribution is 2.14. The summed E-state index contributed by atoms with van der Waals surface area (Å²) in [6.45, 7) is 0.109. The lowest BCUT2D eigenvalue weighted by Gasteiger charge is -2.09. The van der Waals surface area contributed by atoms with Crippen LogP contribution in [0.4, 0.5) is 0 Å². The first-order chi connectivity index (χ1) is 9.04. The minimum absolute atomic E-state index is 0.00527. The maximum atomic E-state index is 12.2. The number of aliphatic hydroxyl groups is 1. The zero-order chi connectivity index (χ0) is 14.0. The summed E-state index contributed by atoms with van der Waals surface area (Å²) in [7, 11) is 1.77. The summed E-state index contributed by atoms with van der Waals surface area (Å²) in [6.07, 6.45) is 2.79. The molecule has 0 unspecified atom stereocenters. The Balaban J connectivity index is 2.65. The average molecular weight is 260 g/mol. The molecular formula is C14H16N2O3. The van der Waals surface area contributed by atoms with Gasteiger partial charge in [0.05, 0.1) is 5.52 Å². The summed E-state index contributed by atoms with van der Waals surface area (Å²) in [5.74, 6) is -0.719. The van der Waals surface area contributed by atoms with Crippen LogP contribution >= 0.6 is 0 Å². The first-order valence-corrected chi connectivity index (χ1v) is 6.07. The maximum Gasteiger partial charge on any atom is 0.254 e. The number of nitrogens with zero attached hydrogens (tertiary/aromatic N) is 1. The molecule has 100 valence electrons. The number of hydrogen-bond acceptors (Lipinski definition) is 3. The standard InChI is InChI=1S/C14H16N2O3/c1-16-8-11(14(15)19)13(18)10-7-9(3-2-6-17)4-5-12(10)16/h4-5,7-8,17H,2-3,6H2,1H3,(H2,15,19). The number of fused-ring (bicyclic) bond motifs is 1. The van der Waals surface area contributed by atoms with Crippen molar-refractivity contribution in [2.24, 2.45) is 12.8 Å². The van der Waals surface area contributed by atoms with Gasteiger partial charge in [-0.3, -0.25) is 9.59 Å². The van der Waals surface area contributed by atoms with Crippen LogP contribution in [0, 0.1) is 0 Å². The Labute approximate surface area is 110 Å². The lowest BCUT2D eigenvalue weighted by atomic mass is 10.0. The molecule has 5 heteroatoms. The molecule has 0 radical (unpaired) electrons. The van der Waals surface area contributed by atoms with E-state index in [2.05, 4.69) is 0 Å². The molecule has 2 rings (SSSR count). The molecule has 0 saturated heterocycles. The van der Waals surface area contributed by atoms with Crippen LogP contribution in [0.25, 0.3) is 10.9 Å². The third-order valence-corrected chi connectivity index (χ3v) is 3.14. The molecule has 0 aliphatic rings. The Morgan fingerprint density at radius 2 is 2.16 bits per heavy atom. The zero-order valence-corrected chi connectivity index (χ0v) is 10.7. The molecule has 0 saturated carbocycles. The number of benzene rings is 1. The first-order valence-electron chi connectivity index (χ1n) is 6.07. The van der Waals surface area contributed by atoms with Crippen LogP contribution in [0.15, 0.2) is 29.2 Å². The first kappa shape index (κ1) is 13.3. The summed E-state index contributed by atoms with van der Waals surface area (Å²) >= 11 is 0. The minimum Gasteiger partial charge on any atom is -0.396 e. The SMILES string of the molecule is Cn1cc(C(N)=O)c(=O)c2cc(CCCO)ccc21. The number of amides is 1. The highest BCUT2D eigenvalue weighted by atomic mass is 16.2. The van der Waals surface area contributed by atoms with Crippen molar-refractivity contribution >= 4 is 16.8 Å². The molecule has 0 spiro atoms. The molecule has 0 aliphatic heterocycles. The predicted molar refractivity (Wildman–Crippen MR) is 73.1 cm³/mol. The fourth-order valence-corrected chi connectivity index (χ4v) is 2.15. The van der Waals surface area contributed by atoms with E-state index < -0.39 is 5.91 Å². The fourth-order valence-electron chi connectivity index (χ4n) is 2.15. The van der Waals surface area contributed by atoms with Gasteiger partial charge in [0.15, 0.2) is 0 Å². The van der Waals surface area contributed by atoms with Gasteiger partial charge in [0.25, 0.3) is 5.91 Å². The molecule has 5 nitrogen and oxygen atoms in total. The van der Waals surface area contributed by atoms with Gasteiger partial charge in [0.1, 0.15) is 5.56 Å². The number of nitrogens with two attached hydrogens (primary N) is 1. The van der Waals surface area contributed by atoms with Crippen molar-refractivity contribution in [2.45, 2.75) is 12.8 Å². The molecular weight excluding hydrogens is 244 g/mol. The van der Waals surface area contributed by atoms with E-state index in [1.807, 2.05) is 12.1 Å². The van der Waals surface area contributed by atoms with E-state index in [1.165, 1.54) is 6.20 Å². The van der Waals surface area contributed by atoms with Gasteiger partial charge >= 0.3 is 0 Å². The molecule has 3 N–H and O–H groups in total. The topological polar surface area (TPSA) is 85.3 Å². The van der Waals surface area contributed by atoms with Crippen molar-refractivity contribution in [1.29, 1.82) is 0 Å². The number of pyridine rings is 1. The molecule has 0 fully saturated rings. The summed E-state index contributed by atoms with van der Waals surface area (Å²) < 4.78 is 1.71. The largest absolute Gasteiger partial charge is 0.396 e. The van der Waals surface area contributed by atoms with Crippen molar-refractivity contribution in [3.05, 3.63) is 45.7 Å². The third kappa shape index (κ3) is 2.51. The van der Waals surface area contributed by atoms with Gasteiger partial charge in [-0.2, -0.15) is 0 Å². The van der Waals surface area contributed by atoms with Crippen molar-refractivity contribution in [2.75, 3.05) is 6.61 Å². The number of rotatable bonds is 4. The predicted octanol–water partition coefficient (Wildman–Crippen LogP) is 0.562.